The second-order valence-corrected chi connectivity index (χ2v) is 3.45. The maximum Gasteiger partial charge on any atom is 0.295 e. The average molecular weight is 180 g/mol. The Hall–Kier alpha value is -1.01. The molecule has 1 fully saturated rings. The van der Waals surface area contributed by atoms with Crippen LogP contribution in [0.15, 0.2) is 0 Å². The normalized spacial score (nSPS) is 19.4. The lowest BCUT2D eigenvalue weighted by Crippen LogP contribution is -2.40. The summed E-state index contributed by atoms with van der Waals surface area (Å²) in [5.41, 5.74) is 0. The topological polar surface area (TPSA) is 32.3 Å². The van der Waals surface area contributed by atoms with Crippen molar-refractivity contribution in [3.8, 4) is 12.3 Å². The Morgan fingerprint density at radius 1 is 1.62 bits per heavy atom. The highest BCUT2D eigenvalue weighted by Crippen LogP contribution is 2.10. The standard InChI is InChI=1S/C10H16N2O/c1-3-10(13)11-8-9(2)12-6-4-5-7-12/h1,9H,4-8H2,2H3,(H,11,13). The molecule has 0 saturated carbocycles. The minimum atomic E-state index is -0.314. The number of carbonyl (C=O) groups excluding carboxylic acids is 1. The van der Waals surface area contributed by atoms with Gasteiger partial charge in [-0.1, -0.05) is 0 Å². The van der Waals surface area contributed by atoms with Gasteiger partial charge >= 0.3 is 0 Å². The third-order valence-electron chi connectivity index (χ3n) is 2.45. The number of amides is 1. The molecule has 1 atom stereocenters. The van der Waals surface area contributed by atoms with E-state index in [2.05, 4.69) is 17.1 Å². The van der Waals surface area contributed by atoms with Gasteiger partial charge in [0, 0.05) is 12.6 Å². The van der Waals surface area contributed by atoms with Crippen molar-refractivity contribution in [2.75, 3.05) is 19.6 Å². The smallest absolute Gasteiger partial charge is 0.295 e. The van der Waals surface area contributed by atoms with E-state index in [1.165, 1.54) is 12.8 Å². The van der Waals surface area contributed by atoms with Gasteiger partial charge in [-0.15, -0.1) is 6.42 Å². The Kier molecular flexibility index (Phi) is 3.78. The number of hydrogen-bond donors (Lipinski definition) is 1. The SMILES string of the molecule is C#CC(=O)NCC(C)N1CCCC1. The quantitative estimate of drug-likeness (QED) is 0.630. The molecule has 1 amide bonds. The van der Waals surface area contributed by atoms with E-state index in [4.69, 9.17) is 6.42 Å². The van der Waals surface area contributed by atoms with Crippen molar-refractivity contribution in [2.45, 2.75) is 25.8 Å². The van der Waals surface area contributed by atoms with Crippen molar-refractivity contribution in [1.29, 1.82) is 0 Å². The van der Waals surface area contributed by atoms with Crippen molar-refractivity contribution >= 4 is 5.91 Å². The zero-order valence-electron chi connectivity index (χ0n) is 8.05. The van der Waals surface area contributed by atoms with Gasteiger partial charge in [-0.2, -0.15) is 0 Å². The Balaban J connectivity index is 2.21. The molecular weight excluding hydrogens is 164 g/mol. The van der Waals surface area contributed by atoms with E-state index < -0.39 is 0 Å². The summed E-state index contributed by atoms with van der Waals surface area (Å²) in [5.74, 6) is 1.73. The summed E-state index contributed by atoms with van der Waals surface area (Å²) >= 11 is 0. The molecule has 0 spiro atoms. The van der Waals surface area contributed by atoms with E-state index in [-0.39, 0.29) is 5.91 Å². The zero-order valence-corrected chi connectivity index (χ0v) is 8.05. The molecule has 1 unspecified atom stereocenters. The van der Waals surface area contributed by atoms with Gasteiger partial charge in [0.1, 0.15) is 0 Å². The largest absolute Gasteiger partial charge is 0.344 e. The molecule has 0 bridgehead atoms. The highest BCUT2D eigenvalue weighted by molar-refractivity contribution is 5.92. The lowest BCUT2D eigenvalue weighted by molar-refractivity contribution is -0.115. The van der Waals surface area contributed by atoms with E-state index in [1.54, 1.807) is 0 Å². The number of rotatable bonds is 3. The summed E-state index contributed by atoms with van der Waals surface area (Å²) in [5, 5.41) is 2.69. The van der Waals surface area contributed by atoms with Crippen LogP contribution in [0.3, 0.4) is 0 Å². The van der Waals surface area contributed by atoms with Crippen LogP contribution in [0.1, 0.15) is 19.8 Å². The number of nitrogens with zero attached hydrogens (tertiary/aromatic N) is 1. The van der Waals surface area contributed by atoms with E-state index in [0.29, 0.717) is 12.6 Å². The van der Waals surface area contributed by atoms with E-state index in [0.717, 1.165) is 13.1 Å². The van der Waals surface area contributed by atoms with Crippen LogP contribution < -0.4 is 5.32 Å². The average Bonchev–Trinajstić information content (AvgIpc) is 2.66. The molecule has 0 radical (unpaired) electrons. The molecule has 1 saturated heterocycles. The van der Waals surface area contributed by atoms with Gasteiger partial charge in [-0.3, -0.25) is 9.69 Å². The predicted octanol–water partition coefficient (Wildman–Crippen LogP) is 0.220. The van der Waals surface area contributed by atoms with Gasteiger partial charge in [0.2, 0.25) is 0 Å². The Labute approximate surface area is 79.5 Å². The van der Waals surface area contributed by atoms with Gasteiger partial charge in [0.25, 0.3) is 5.91 Å². The van der Waals surface area contributed by atoms with Crippen molar-refractivity contribution < 1.29 is 4.79 Å². The summed E-state index contributed by atoms with van der Waals surface area (Å²) in [7, 11) is 0. The van der Waals surface area contributed by atoms with E-state index in [9.17, 15) is 4.79 Å². The minimum absolute atomic E-state index is 0.314. The van der Waals surface area contributed by atoms with Crippen LogP contribution in [0.5, 0.6) is 0 Å². The first-order valence-corrected chi connectivity index (χ1v) is 4.72. The molecule has 3 heteroatoms. The maximum atomic E-state index is 10.8. The van der Waals surface area contributed by atoms with Gasteiger partial charge in [-0.25, -0.2) is 0 Å². The van der Waals surface area contributed by atoms with Crippen molar-refractivity contribution in [3.05, 3.63) is 0 Å². The monoisotopic (exact) mass is 180 g/mol. The first-order chi connectivity index (χ1) is 6.24. The zero-order chi connectivity index (χ0) is 9.68. The molecule has 0 aromatic heterocycles. The number of likely N-dealkylation sites (tertiary alicyclic amines) is 1. The predicted molar refractivity (Wildman–Crippen MR) is 52.1 cm³/mol. The summed E-state index contributed by atoms with van der Waals surface area (Å²) in [6.45, 7) is 5.06. The lowest BCUT2D eigenvalue weighted by Gasteiger charge is -2.23. The van der Waals surface area contributed by atoms with Gasteiger partial charge in [-0.05, 0) is 38.8 Å². The van der Waals surface area contributed by atoms with Crippen LogP contribution >= 0.6 is 0 Å². The highest BCUT2D eigenvalue weighted by Gasteiger charge is 2.17. The molecule has 1 aliphatic rings. The molecule has 72 valence electrons. The molecular formula is C10H16N2O. The third-order valence-corrected chi connectivity index (χ3v) is 2.45. The first kappa shape index (κ1) is 10.1. The van der Waals surface area contributed by atoms with Gasteiger partial charge < -0.3 is 5.32 Å². The van der Waals surface area contributed by atoms with Gasteiger partial charge in [0.15, 0.2) is 0 Å². The van der Waals surface area contributed by atoms with Crippen LogP contribution in [-0.2, 0) is 4.79 Å². The number of carbonyl (C=O) groups is 1. The number of hydrogen-bond acceptors (Lipinski definition) is 2. The maximum absolute atomic E-state index is 10.8. The van der Waals surface area contributed by atoms with Crippen LogP contribution in [-0.4, -0.2) is 36.5 Å². The van der Waals surface area contributed by atoms with Crippen LogP contribution in [0.4, 0.5) is 0 Å². The fourth-order valence-electron chi connectivity index (χ4n) is 1.60. The van der Waals surface area contributed by atoms with Gasteiger partial charge in [0.05, 0.1) is 0 Å². The highest BCUT2D eigenvalue weighted by atomic mass is 16.1. The molecule has 1 aliphatic heterocycles. The second kappa shape index (κ2) is 4.88. The Morgan fingerprint density at radius 3 is 2.77 bits per heavy atom. The molecule has 1 heterocycles. The number of nitrogens with one attached hydrogen (secondary N) is 1. The van der Waals surface area contributed by atoms with Crippen molar-refractivity contribution in [1.82, 2.24) is 10.2 Å². The minimum Gasteiger partial charge on any atom is -0.344 e. The third kappa shape index (κ3) is 3.08. The Morgan fingerprint density at radius 2 is 2.23 bits per heavy atom. The summed E-state index contributed by atoms with van der Waals surface area (Å²) < 4.78 is 0. The Bertz CT molecular complexity index is 213. The lowest BCUT2D eigenvalue weighted by atomic mass is 10.3. The molecule has 3 nitrogen and oxygen atoms in total. The summed E-state index contributed by atoms with van der Waals surface area (Å²) in [4.78, 5) is 13.1. The fraction of sp³-hybridized carbons (Fsp3) is 0.700. The fourth-order valence-corrected chi connectivity index (χ4v) is 1.60. The van der Waals surface area contributed by atoms with Crippen LogP contribution in [0.25, 0.3) is 0 Å². The summed E-state index contributed by atoms with van der Waals surface area (Å²) in [6, 6.07) is 0.403. The second-order valence-electron chi connectivity index (χ2n) is 3.45. The first-order valence-electron chi connectivity index (χ1n) is 4.72. The van der Waals surface area contributed by atoms with E-state index in [1.807, 2.05) is 5.92 Å². The van der Waals surface area contributed by atoms with Crippen LogP contribution in [0.2, 0.25) is 0 Å². The number of terminal acetylenes is 1. The molecule has 0 aromatic rings. The van der Waals surface area contributed by atoms with Crippen molar-refractivity contribution in [3.63, 3.8) is 0 Å². The van der Waals surface area contributed by atoms with Crippen LogP contribution in [0, 0.1) is 12.3 Å². The molecule has 1 rings (SSSR count). The molecule has 13 heavy (non-hydrogen) atoms. The summed E-state index contributed by atoms with van der Waals surface area (Å²) in [6.07, 6.45) is 7.48. The molecule has 1 N–H and O–H groups in total. The molecule has 0 aliphatic carbocycles. The van der Waals surface area contributed by atoms with E-state index >= 15 is 0 Å². The van der Waals surface area contributed by atoms with Crippen molar-refractivity contribution in [2.24, 2.45) is 0 Å². The molecule has 0 aromatic carbocycles.